The number of hydrogen-bond donors (Lipinski definition) is 1. The van der Waals surface area contributed by atoms with Gasteiger partial charge in [0, 0.05) is 22.5 Å². The molecule has 0 spiro atoms. The third kappa shape index (κ3) is 4.77. The molecule has 0 saturated heterocycles. The first-order valence-corrected chi connectivity index (χ1v) is 8.08. The molecule has 4 nitrogen and oxygen atoms in total. The van der Waals surface area contributed by atoms with E-state index in [4.69, 9.17) is 5.11 Å². The molecule has 1 unspecified atom stereocenters. The summed E-state index contributed by atoms with van der Waals surface area (Å²) in [6.45, 7) is 7.30. The molecule has 0 aliphatic rings. The van der Waals surface area contributed by atoms with E-state index in [1.807, 2.05) is 51.3 Å². The Morgan fingerprint density at radius 2 is 1.95 bits per heavy atom. The Morgan fingerprint density at radius 3 is 2.43 bits per heavy atom. The zero-order valence-electron chi connectivity index (χ0n) is 13.2. The lowest BCUT2D eigenvalue weighted by atomic mass is 9.93. The number of amides is 1. The summed E-state index contributed by atoms with van der Waals surface area (Å²) in [7, 11) is 0. The number of carboxylic acids is 1. The van der Waals surface area contributed by atoms with Crippen molar-refractivity contribution >= 4 is 29.3 Å². The third-order valence-corrected chi connectivity index (χ3v) is 3.86. The first-order chi connectivity index (χ1) is 9.66. The van der Waals surface area contributed by atoms with E-state index in [2.05, 4.69) is 0 Å². The molecule has 5 heteroatoms. The highest BCUT2D eigenvalue weighted by atomic mass is 32.2. The van der Waals surface area contributed by atoms with Crippen molar-refractivity contribution in [2.24, 2.45) is 11.3 Å². The minimum Gasteiger partial charge on any atom is -0.481 e. The van der Waals surface area contributed by atoms with Gasteiger partial charge >= 0.3 is 5.97 Å². The number of carbonyl (C=O) groups excluding carboxylic acids is 1. The Bertz CT molecular complexity index is 522. The molecule has 1 amide bonds. The molecule has 0 aromatic heterocycles. The molecular weight excluding hydrogens is 286 g/mol. The maximum Gasteiger partial charge on any atom is 0.308 e. The summed E-state index contributed by atoms with van der Waals surface area (Å²) in [5.41, 5.74) is 0.183. The number of hydrogen-bond acceptors (Lipinski definition) is 3. The fraction of sp³-hybridized carbons (Fsp3) is 0.500. The van der Waals surface area contributed by atoms with E-state index < -0.39 is 17.3 Å². The lowest BCUT2D eigenvalue weighted by molar-refractivity contribution is -0.140. The minimum atomic E-state index is -0.900. The molecule has 1 aromatic rings. The number of aliphatic carboxylic acids is 1. The smallest absolute Gasteiger partial charge is 0.308 e. The molecule has 0 saturated carbocycles. The van der Waals surface area contributed by atoms with E-state index in [-0.39, 0.29) is 12.5 Å². The van der Waals surface area contributed by atoms with Gasteiger partial charge in [0.2, 0.25) is 5.91 Å². The second-order valence-electron chi connectivity index (χ2n) is 6.11. The van der Waals surface area contributed by atoms with E-state index in [1.54, 1.807) is 23.6 Å². The molecule has 0 aliphatic heterocycles. The first-order valence-electron chi connectivity index (χ1n) is 6.85. The molecule has 1 aromatic carbocycles. The van der Waals surface area contributed by atoms with Gasteiger partial charge < -0.3 is 10.0 Å². The summed E-state index contributed by atoms with van der Waals surface area (Å²) in [6, 6.07) is 7.62. The minimum absolute atomic E-state index is 0.0751. The monoisotopic (exact) mass is 309 g/mol. The van der Waals surface area contributed by atoms with Crippen LogP contribution in [0.3, 0.4) is 0 Å². The molecule has 21 heavy (non-hydrogen) atoms. The third-order valence-electron chi connectivity index (χ3n) is 3.13. The van der Waals surface area contributed by atoms with Gasteiger partial charge in [-0.15, -0.1) is 11.8 Å². The van der Waals surface area contributed by atoms with Crippen LogP contribution in [-0.4, -0.2) is 29.8 Å². The number of anilines is 1. The maximum absolute atomic E-state index is 12.6. The maximum atomic E-state index is 12.6. The van der Waals surface area contributed by atoms with Gasteiger partial charge in [-0.05, 0) is 24.5 Å². The zero-order chi connectivity index (χ0) is 16.2. The highest BCUT2D eigenvalue weighted by Crippen LogP contribution is 2.27. The number of carboxylic acid groups (broad SMARTS) is 1. The van der Waals surface area contributed by atoms with Crippen LogP contribution in [0.2, 0.25) is 0 Å². The van der Waals surface area contributed by atoms with Gasteiger partial charge in [0.1, 0.15) is 0 Å². The van der Waals surface area contributed by atoms with Crippen molar-refractivity contribution in [2.45, 2.75) is 32.6 Å². The topological polar surface area (TPSA) is 57.6 Å². The van der Waals surface area contributed by atoms with Crippen LogP contribution < -0.4 is 4.90 Å². The van der Waals surface area contributed by atoms with Crippen molar-refractivity contribution in [3.63, 3.8) is 0 Å². The molecule has 0 aliphatic carbocycles. The Labute approximate surface area is 130 Å². The number of rotatable bonds is 5. The van der Waals surface area contributed by atoms with Crippen LogP contribution in [0.4, 0.5) is 5.69 Å². The van der Waals surface area contributed by atoms with Gasteiger partial charge in [-0.2, -0.15) is 0 Å². The van der Waals surface area contributed by atoms with Crippen LogP contribution in [0, 0.1) is 11.3 Å². The standard InChI is InChI=1S/C16H23NO3S/c1-11(14(18)19)10-17(15(20)16(2,3)4)12-7-6-8-13(9-12)21-5/h6-9,11H,10H2,1-5H3,(H,18,19). The summed E-state index contributed by atoms with van der Waals surface area (Å²) in [4.78, 5) is 26.4. The average molecular weight is 309 g/mol. The molecule has 0 radical (unpaired) electrons. The quantitative estimate of drug-likeness (QED) is 0.846. The number of carbonyl (C=O) groups is 2. The Kier molecular flexibility index (Phi) is 5.84. The number of nitrogens with zero attached hydrogens (tertiary/aromatic N) is 1. The average Bonchev–Trinajstić information content (AvgIpc) is 2.42. The van der Waals surface area contributed by atoms with E-state index in [0.29, 0.717) is 0 Å². The molecule has 1 atom stereocenters. The normalized spacial score (nSPS) is 12.8. The van der Waals surface area contributed by atoms with Gasteiger partial charge in [-0.25, -0.2) is 0 Å². The SMILES string of the molecule is CSc1cccc(N(CC(C)C(=O)O)C(=O)C(C)(C)C)c1. The van der Waals surface area contributed by atoms with Crippen molar-refractivity contribution in [1.82, 2.24) is 0 Å². The molecule has 1 N–H and O–H groups in total. The van der Waals surface area contributed by atoms with Crippen LogP contribution in [0.25, 0.3) is 0 Å². The van der Waals surface area contributed by atoms with Crippen molar-refractivity contribution in [2.75, 3.05) is 17.7 Å². The van der Waals surface area contributed by atoms with Crippen molar-refractivity contribution in [3.05, 3.63) is 24.3 Å². The van der Waals surface area contributed by atoms with Gasteiger partial charge in [0.15, 0.2) is 0 Å². The molecular formula is C16H23NO3S. The molecule has 1 rings (SSSR count). The van der Waals surface area contributed by atoms with Crippen LogP contribution in [0.5, 0.6) is 0 Å². The highest BCUT2D eigenvalue weighted by molar-refractivity contribution is 7.98. The highest BCUT2D eigenvalue weighted by Gasteiger charge is 2.30. The van der Waals surface area contributed by atoms with Crippen molar-refractivity contribution in [3.8, 4) is 0 Å². The van der Waals surface area contributed by atoms with Crippen LogP contribution in [-0.2, 0) is 9.59 Å². The lowest BCUT2D eigenvalue weighted by Gasteiger charge is -2.31. The molecule has 0 heterocycles. The van der Waals surface area contributed by atoms with E-state index in [1.165, 1.54) is 0 Å². The lowest BCUT2D eigenvalue weighted by Crippen LogP contribution is -2.43. The van der Waals surface area contributed by atoms with E-state index in [9.17, 15) is 9.59 Å². The Morgan fingerprint density at radius 1 is 1.33 bits per heavy atom. The fourth-order valence-corrected chi connectivity index (χ4v) is 2.29. The first kappa shape index (κ1) is 17.6. The van der Waals surface area contributed by atoms with Crippen molar-refractivity contribution in [1.29, 1.82) is 0 Å². The molecule has 0 bridgehead atoms. The predicted octanol–water partition coefficient (Wildman–Crippen LogP) is 3.51. The largest absolute Gasteiger partial charge is 0.481 e. The number of benzene rings is 1. The summed E-state index contributed by atoms with van der Waals surface area (Å²) >= 11 is 1.59. The van der Waals surface area contributed by atoms with Crippen molar-refractivity contribution < 1.29 is 14.7 Å². The van der Waals surface area contributed by atoms with Crippen LogP contribution in [0.15, 0.2) is 29.2 Å². The Balaban J connectivity index is 3.17. The fourth-order valence-electron chi connectivity index (χ4n) is 1.84. The second-order valence-corrected chi connectivity index (χ2v) is 6.99. The van der Waals surface area contributed by atoms with E-state index in [0.717, 1.165) is 10.6 Å². The van der Waals surface area contributed by atoms with Crippen LogP contribution >= 0.6 is 11.8 Å². The summed E-state index contributed by atoms with van der Waals surface area (Å²) < 4.78 is 0. The predicted molar refractivity (Wildman–Crippen MR) is 86.8 cm³/mol. The summed E-state index contributed by atoms with van der Waals surface area (Å²) in [5, 5.41) is 9.12. The van der Waals surface area contributed by atoms with E-state index >= 15 is 0 Å². The Hall–Kier alpha value is -1.49. The van der Waals surface area contributed by atoms with Gasteiger partial charge in [0.25, 0.3) is 0 Å². The summed E-state index contributed by atoms with van der Waals surface area (Å²) in [6.07, 6.45) is 1.97. The second kappa shape index (κ2) is 6.98. The number of thioether (sulfide) groups is 1. The molecule has 0 fully saturated rings. The van der Waals surface area contributed by atoms with Gasteiger partial charge in [-0.3, -0.25) is 9.59 Å². The van der Waals surface area contributed by atoms with Gasteiger partial charge in [-0.1, -0.05) is 33.8 Å². The van der Waals surface area contributed by atoms with Gasteiger partial charge in [0.05, 0.1) is 5.92 Å². The zero-order valence-corrected chi connectivity index (χ0v) is 14.0. The summed E-state index contributed by atoms with van der Waals surface area (Å²) in [5.74, 6) is -1.59. The molecule has 116 valence electrons. The van der Waals surface area contributed by atoms with Crippen LogP contribution in [0.1, 0.15) is 27.7 Å².